The van der Waals surface area contributed by atoms with E-state index in [0.29, 0.717) is 34.1 Å². The molecular formula is C21H17N3O3. The molecule has 134 valence electrons. The van der Waals surface area contributed by atoms with Gasteiger partial charge in [0.2, 0.25) is 11.6 Å². The zero-order valence-electron chi connectivity index (χ0n) is 14.9. The molecule has 0 aliphatic heterocycles. The van der Waals surface area contributed by atoms with Gasteiger partial charge in [0.1, 0.15) is 11.3 Å². The van der Waals surface area contributed by atoms with E-state index in [1.54, 1.807) is 43.6 Å². The second kappa shape index (κ2) is 6.92. The van der Waals surface area contributed by atoms with Crippen LogP contribution in [0.4, 0.5) is 5.69 Å². The Morgan fingerprint density at radius 1 is 1.11 bits per heavy atom. The van der Waals surface area contributed by atoms with Gasteiger partial charge in [-0.2, -0.15) is 0 Å². The smallest absolute Gasteiger partial charge is 0.255 e. The maximum atomic E-state index is 12.4. The Bertz CT molecular complexity index is 1120. The van der Waals surface area contributed by atoms with Gasteiger partial charge < -0.3 is 14.5 Å². The number of carbonyl (C=O) groups is 1. The molecule has 0 radical (unpaired) electrons. The molecule has 4 aromatic rings. The number of oxazole rings is 1. The molecule has 6 heteroatoms. The number of nitrogens with zero attached hydrogens (tertiary/aromatic N) is 2. The molecule has 0 atom stereocenters. The Morgan fingerprint density at radius 2 is 1.93 bits per heavy atom. The number of nitrogens with one attached hydrogen (secondary N) is 1. The summed E-state index contributed by atoms with van der Waals surface area (Å²) in [6.45, 7) is 2.01. The minimum atomic E-state index is -0.235. The Balaban J connectivity index is 1.58. The van der Waals surface area contributed by atoms with E-state index in [-0.39, 0.29) is 5.91 Å². The van der Waals surface area contributed by atoms with E-state index in [1.165, 1.54) is 0 Å². The van der Waals surface area contributed by atoms with Crippen LogP contribution in [0.25, 0.3) is 22.7 Å². The average molecular weight is 359 g/mol. The van der Waals surface area contributed by atoms with Crippen molar-refractivity contribution in [3.05, 3.63) is 71.9 Å². The van der Waals surface area contributed by atoms with Crippen molar-refractivity contribution < 1.29 is 13.9 Å². The van der Waals surface area contributed by atoms with Gasteiger partial charge in [-0.25, -0.2) is 9.97 Å². The van der Waals surface area contributed by atoms with Crippen LogP contribution in [0, 0.1) is 6.92 Å². The first kappa shape index (κ1) is 16.8. The summed E-state index contributed by atoms with van der Waals surface area (Å²) in [4.78, 5) is 21.1. The van der Waals surface area contributed by atoms with E-state index in [0.717, 1.165) is 11.1 Å². The molecule has 2 aromatic carbocycles. The van der Waals surface area contributed by atoms with Crippen LogP contribution in [0.15, 0.2) is 65.2 Å². The quantitative estimate of drug-likeness (QED) is 0.582. The van der Waals surface area contributed by atoms with Gasteiger partial charge in [-0.3, -0.25) is 4.79 Å². The van der Waals surface area contributed by atoms with Crippen LogP contribution in [0.1, 0.15) is 15.9 Å². The van der Waals surface area contributed by atoms with Crippen LogP contribution in [-0.2, 0) is 0 Å². The molecule has 1 amide bonds. The maximum absolute atomic E-state index is 12.4. The van der Waals surface area contributed by atoms with Gasteiger partial charge in [0, 0.05) is 11.1 Å². The summed E-state index contributed by atoms with van der Waals surface area (Å²) in [7, 11) is 1.58. The number of fused-ring (bicyclic) bond motifs is 1. The van der Waals surface area contributed by atoms with Crippen molar-refractivity contribution in [2.24, 2.45) is 0 Å². The fraction of sp³-hybridized carbons (Fsp3) is 0.0952. The molecule has 2 aromatic heterocycles. The van der Waals surface area contributed by atoms with E-state index >= 15 is 0 Å². The molecule has 0 aliphatic rings. The van der Waals surface area contributed by atoms with E-state index in [4.69, 9.17) is 9.15 Å². The summed E-state index contributed by atoms with van der Waals surface area (Å²) in [6, 6.07) is 16.5. The third-order valence-electron chi connectivity index (χ3n) is 4.12. The highest BCUT2D eigenvalue weighted by Gasteiger charge is 2.12. The van der Waals surface area contributed by atoms with Crippen molar-refractivity contribution in [3.63, 3.8) is 0 Å². The fourth-order valence-corrected chi connectivity index (χ4v) is 2.74. The highest BCUT2D eigenvalue weighted by Crippen LogP contribution is 2.25. The topological polar surface area (TPSA) is 77.2 Å². The lowest BCUT2D eigenvalue weighted by atomic mass is 10.1. The standard InChI is InChI=1S/C21H17N3O3/c1-13-4-3-5-15(10-13)20-24-18-11-16(12-22-21(18)27-20)23-19(25)14-6-8-17(26-2)9-7-14/h3-12H,1-2H3,(H,23,25). The van der Waals surface area contributed by atoms with E-state index in [1.807, 2.05) is 31.2 Å². The zero-order valence-corrected chi connectivity index (χ0v) is 14.9. The molecule has 0 saturated heterocycles. The van der Waals surface area contributed by atoms with Gasteiger partial charge in [-0.1, -0.05) is 17.7 Å². The van der Waals surface area contributed by atoms with Crippen LogP contribution in [0.2, 0.25) is 0 Å². The van der Waals surface area contributed by atoms with Gasteiger partial charge in [0.15, 0.2) is 0 Å². The lowest BCUT2D eigenvalue weighted by molar-refractivity contribution is 0.102. The highest BCUT2D eigenvalue weighted by atomic mass is 16.5. The van der Waals surface area contributed by atoms with Crippen LogP contribution in [-0.4, -0.2) is 23.0 Å². The molecule has 1 N–H and O–H groups in total. The number of amides is 1. The molecule has 0 saturated carbocycles. The lowest BCUT2D eigenvalue weighted by Gasteiger charge is -2.05. The van der Waals surface area contributed by atoms with Crippen LogP contribution in [0.5, 0.6) is 5.75 Å². The first-order valence-corrected chi connectivity index (χ1v) is 8.41. The summed E-state index contributed by atoms with van der Waals surface area (Å²) < 4.78 is 10.8. The molecule has 0 spiro atoms. The number of methoxy groups -OCH3 is 1. The lowest BCUT2D eigenvalue weighted by Crippen LogP contribution is -2.11. The number of anilines is 1. The molecule has 0 unspecified atom stereocenters. The molecule has 2 heterocycles. The Morgan fingerprint density at radius 3 is 2.67 bits per heavy atom. The van der Waals surface area contributed by atoms with Crippen molar-refractivity contribution in [1.82, 2.24) is 9.97 Å². The van der Waals surface area contributed by atoms with Gasteiger partial charge >= 0.3 is 0 Å². The first-order valence-electron chi connectivity index (χ1n) is 8.41. The van der Waals surface area contributed by atoms with Crippen LogP contribution < -0.4 is 10.1 Å². The first-order chi connectivity index (χ1) is 13.1. The normalized spacial score (nSPS) is 10.7. The highest BCUT2D eigenvalue weighted by molar-refractivity contribution is 6.04. The van der Waals surface area contributed by atoms with Crippen molar-refractivity contribution in [3.8, 4) is 17.2 Å². The van der Waals surface area contributed by atoms with E-state index in [9.17, 15) is 4.79 Å². The molecule has 27 heavy (non-hydrogen) atoms. The molecular weight excluding hydrogens is 342 g/mol. The van der Waals surface area contributed by atoms with Crippen molar-refractivity contribution in [1.29, 1.82) is 0 Å². The Hall–Kier alpha value is -3.67. The Labute approximate surface area is 155 Å². The number of hydrogen-bond donors (Lipinski definition) is 1. The summed E-state index contributed by atoms with van der Waals surface area (Å²) in [5.74, 6) is 0.960. The molecule has 6 nitrogen and oxygen atoms in total. The fourth-order valence-electron chi connectivity index (χ4n) is 2.74. The van der Waals surface area contributed by atoms with Gasteiger partial charge in [-0.05, 0) is 49.4 Å². The number of hydrogen-bond acceptors (Lipinski definition) is 5. The summed E-state index contributed by atoms with van der Waals surface area (Å²) in [5.41, 5.74) is 4.09. The average Bonchev–Trinajstić information content (AvgIpc) is 3.11. The number of ether oxygens (including phenoxy) is 1. The third-order valence-corrected chi connectivity index (χ3v) is 4.12. The summed E-state index contributed by atoms with van der Waals surface area (Å²) in [6.07, 6.45) is 1.55. The SMILES string of the molecule is COc1ccc(C(=O)Nc2cnc3oc(-c4cccc(C)c4)nc3c2)cc1. The summed E-state index contributed by atoms with van der Waals surface area (Å²) >= 11 is 0. The van der Waals surface area contributed by atoms with E-state index < -0.39 is 0 Å². The monoisotopic (exact) mass is 359 g/mol. The number of pyridine rings is 1. The predicted octanol–water partition coefficient (Wildman–Crippen LogP) is 4.46. The summed E-state index contributed by atoms with van der Waals surface area (Å²) in [5, 5.41) is 2.82. The number of rotatable bonds is 4. The number of benzene rings is 2. The molecule has 0 bridgehead atoms. The number of carbonyl (C=O) groups excluding carboxylic acids is 1. The number of aromatic nitrogens is 2. The minimum absolute atomic E-state index is 0.235. The second-order valence-electron chi connectivity index (χ2n) is 6.12. The minimum Gasteiger partial charge on any atom is -0.497 e. The Kier molecular flexibility index (Phi) is 4.30. The third kappa shape index (κ3) is 3.50. The zero-order chi connectivity index (χ0) is 18.8. The number of aryl methyl sites for hydroxylation is 1. The van der Waals surface area contributed by atoms with Crippen molar-refractivity contribution in [2.75, 3.05) is 12.4 Å². The van der Waals surface area contributed by atoms with E-state index in [2.05, 4.69) is 15.3 Å². The largest absolute Gasteiger partial charge is 0.497 e. The van der Waals surface area contributed by atoms with Gasteiger partial charge in [-0.15, -0.1) is 0 Å². The molecule has 0 aliphatic carbocycles. The predicted molar refractivity (Wildman–Crippen MR) is 103 cm³/mol. The maximum Gasteiger partial charge on any atom is 0.255 e. The second-order valence-corrected chi connectivity index (χ2v) is 6.12. The van der Waals surface area contributed by atoms with Gasteiger partial charge in [0.05, 0.1) is 19.0 Å². The van der Waals surface area contributed by atoms with Crippen molar-refractivity contribution >= 4 is 22.8 Å². The van der Waals surface area contributed by atoms with Gasteiger partial charge in [0.25, 0.3) is 5.91 Å². The molecule has 4 rings (SSSR count). The van der Waals surface area contributed by atoms with Crippen LogP contribution in [0.3, 0.4) is 0 Å². The van der Waals surface area contributed by atoms with Crippen LogP contribution >= 0.6 is 0 Å². The molecule has 0 fully saturated rings. The van der Waals surface area contributed by atoms with Crippen molar-refractivity contribution in [2.45, 2.75) is 6.92 Å².